The van der Waals surface area contributed by atoms with E-state index in [1.807, 2.05) is 0 Å². The molecule has 2 heterocycles. The Morgan fingerprint density at radius 3 is 2.61 bits per heavy atom. The van der Waals surface area contributed by atoms with Gasteiger partial charge in [0.15, 0.2) is 5.88 Å². The third-order valence-corrected chi connectivity index (χ3v) is 4.44. The van der Waals surface area contributed by atoms with E-state index in [1.165, 1.54) is 0 Å². The van der Waals surface area contributed by atoms with Crippen molar-refractivity contribution in [1.29, 1.82) is 0 Å². The lowest BCUT2D eigenvalue weighted by Gasteiger charge is -2.00. The van der Waals surface area contributed by atoms with E-state index < -0.39 is 0 Å². The maximum Gasteiger partial charge on any atom is 0.214 e. The Kier molecular flexibility index (Phi) is 3.17. The summed E-state index contributed by atoms with van der Waals surface area (Å²) in [6.45, 7) is 0. The second kappa shape index (κ2) is 4.99. The number of hydrogen-bond donors (Lipinski definition) is 2. The van der Waals surface area contributed by atoms with Gasteiger partial charge in [-0.2, -0.15) is 0 Å². The summed E-state index contributed by atoms with van der Waals surface area (Å²) in [7, 11) is 0. The zero-order valence-corrected chi connectivity index (χ0v) is 13.6. The maximum atomic E-state index is 12.6. The van der Waals surface area contributed by atoms with Crippen LogP contribution >= 0.6 is 34.8 Å². The minimum Gasteiger partial charge on any atom is -0.494 e. The summed E-state index contributed by atoms with van der Waals surface area (Å²) in [5.41, 5.74) is 1.81. The van der Waals surface area contributed by atoms with E-state index in [0.717, 1.165) is 0 Å². The van der Waals surface area contributed by atoms with Crippen LogP contribution in [0.3, 0.4) is 0 Å². The largest absolute Gasteiger partial charge is 0.494 e. The van der Waals surface area contributed by atoms with E-state index in [1.54, 1.807) is 30.3 Å². The fourth-order valence-corrected chi connectivity index (χ4v) is 3.41. The Hall–Kier alpha value is -2.01. The van der Waals surface area contributed by atoms with Gasteiger partial charge in [0, 0.05) is 21.0 Å². The first-order chi connectivity index (χ1) is 11.0. The molecule has 3 aromatic rings. The van der Waals surface area contributed by atoms with Crippen molar-refractivity contribution >= 4 is 62.9 Å². The summed E-state index contributed by atoms with van der Waals surface area (Å²) in [4.78, 5) is 19.7. The first-order valence-electron chi connectivity index (χ1n) is 6.58. The SMILES string of the molecule is O=C1C(c2c(O)[nH]c3c(Cl)cc(Cl)cc23)=Nc2cc(Cl)ccc21. The number of ketones is 1. The number of hydrogen-bond acceptors (Lipinski definition) is 3. The number of aromatic hydroxyl groups is 1. The molecule has 2 aromatic carbocycles. The summed E-state index contributed by atoms with van der Waals surface area (Å²) in [5, 5.41) is 12.0. The van der Waals surface area contributed by atoms with Crippen molar-refractivity contribution < 1.29 is 9.90 Å². The van der Waals surface area contributed by atoms with Crippen LogP contribution in [0.1, 0.15) is 15.9 Å². The number of rotatable bonds is 1. The van der Waals surface area contributed by atoms with Gasteiger partial charge in [-0.25, -0.2) is 4.99 Å². The molecule has 1 aliphatic rings. The molecule has 0 radical (unpaired) electrons. The molecule has 4 rings (SSSR count). The second-order valence-electron chi connectivity index (χ2n) is 5.11. The van der Waals surface area contributed by atoms with Crippen molar-refractivity contribution in [2.75, 3.05) is 0 Å². The Balaban J connectivity index is 1.99. The van der Waals surface area contributed by atoms with Gasteiger partial charge in [-0.05, 0) is 30.3 Å². The molecule has 0 saturated heterocycles. The molecule has 0 amide bonds. The lowest BCUT2D eigenvalue weighted by molar-refractivity contribution is 0.107. The zero-order valence-electron chi connectivity index (χ0n) is 11.3. The highest BCUT2D eigenvalue weighted by Gasteiger charge is 2.30. The molecule has 0 saturated carbocycles. The smallest absolute Gasteiger partial charge is 0.214 e. The number of aliphatic imine (C=N–C) groups is 1. The van der Waals surface area contributed by atoms with Crippen LogP contribution in [0.2, 0.25) is 15.1 Å². The van der Waals surface area contributed by atoms with Gasteiger partial charge in [-0.15, -0.1) is 0 Å². The van der Waals surface area contributed by atoms with Crippen LogP contribution in [0.25, 0.3) is 10.9 Å². The third-order valence-electron chi connectivity index (χ3n) is 3.69. The summed E-state index contributed by atoms with van der Waals surface area (Å²) >= 11 is 18.1. The van der Waals surface area contributed by atoms with Gasteiger partial charge in [0.1, 0.15) is 5.71 Å². The topological polar surface area (TPSA) is 65.4 Å². The van der Waals surface area contributed by atoms with Crippen LogP contribution in [-0.2, 0) is 0 Å². The lowest BCUT2D eigenvalue weighted by Crippen LogP contribution is -2.10. The number of nitrogens with zero attached hydrogens (tertiary/aromatic N) is 1. The summed E-state index contributed by atoms with van der Waals surface area (Å²) in [6.07, 6.45) is 0. The zero-order chi connectivity index (χ0) is 16.3. The lowest BCUT2D eigenvalue weighted by atomic mass is 10.0. The van der Waals surface area contributed by atoms with Crippen molar-refractivity contribution in [2.45, 2.75) is 0 Å². The van der Waals surface area contributed by atoms with Crippen LogP contribution in [0, 0.1) is 0 Å². The molecule has 114 valence electrons. The quantitative estimate of drug-likeness (QED) is 0.626. The standard InChI is InChI=1S/C16H7Cl3N2O2/c17-6-1-2-8-11(5-6)20-14(15(8)22)12-9-3-7(18)4-10(19)13(9)21-16(12)23/h1-5,21,23H. The van der Waals surface area contributed by atoms with Gasteiger partial charge in [-0.3, -0.25) is 4.79 Å². The summed E-state index contributed by atoms with van der Waals surface area (Å²) in [6, 6.07) is 8.02. The first-order valence-corrected chi connectivity index (χ1v) is 7.72. The van der Waals surface area contributed by atoms with Gasteiger partial charge < -0.3 is 10.1 Å². The Morgan fingerprint density at radius 1 is 1.04 bits per heavy atom. The highest BCUT2D eigenvalue weighted by molar-refractivity contribution is 6.57. The molecule has 1 aliphatic heterocycles. The number of carbonyl (C=O) groups excluding carboxylic acids is 1. The molecular weight excluding hydrogens is 359 g/mol. The predicted molar refractivity (Wildman–Crippen MR) is 92.0 cm³/mol. The molecule has 2 N–H and O–H groups in total. The number of H-pyrrole nitrogens is 1. The third kappa shape index (κ3) is 2.14. The molecular formula is C16H7Cl3N2O2. The van der Waals surface area contributed by atoms with E-state index in [9.17, 15) is 9.90 Å². The van der Waals surface area contributed by atoms with Crippen molar-refractivity contribution in [3.8, 4) is 5.88 Å². The molecule has 7 heteroatoms. The van der Waals surface area contributed by atoms with Crippen LogP contribution in [0.5, 0.6) is 5.88 Å². The Morgan fingerprint density at radius 2 is 1.83 bits per heavy atom. The molecule has 0 spiro atoms. The van der Waals surface area contributed by atoms with Crippen molar-refractivity contribution in [3.05, 3.63) is 56.5 Å². The minimum absolute atomic E-state index is 0.129. The predicted octanol–water partition coefficient (Wildman–Crippen LogP) is 5.15. The van der Waals surface area contributed by atoms with Gasteiger partial charge in [0.05, 0.1) is 21.8 Å². The number of carbonyl (C=O) groups is 1. The molecule has 4 nitrogen and oxygen atoms in total. The van der Waals surface area contributed by atoms with Gasteiger partial charge in [0.25, 0.3) is 0 Å². The normalized spacial score (nSPS) is 13.5. The number of nitrogens with one attached hydrogen (secondary N) is 1. The fraction of sp³-hybridized carbons (Fsp3) is 0. The van der Waals surface area contributed by atoms with Gasteiger partial charge >= 0.3 is 0 Å². The van der Waals surface area contributed by atoms with E-state index in [2.05, 4.69) is 9.98 Å². The highest BCUT2D eigenvalue weighted by atomic mass is 35.5. The Bertz CT molecular complexity index is 1040. The number of aromatic amines is 1. The van der Waals surface area contributed by atoms with E-state index in [-0.39, 0.29) is 22.9 Å². The minimum atomic E-state index is -0.288. The number of Topliss-reactive ketones (excluding diaryl/α,β-unsaturated/α-hetero) is 1. The van der Waals surface area contributed by atoms with E-state index in [0.29, 0.717) is 37.2 Å². The average Bonchev–Trinajstić information content (AvgIpc) is 2.96. The second-order valence-corrected chi connectivity index (χ2v) is 6.39. The maximum absolute atomic E-state index is 12.6. The van der Waals surface area contributed by atoms with Gasteiger partial charge in [0.2, 0.25) is 5.78 Å². The molecule has 0 unspecified atom stereocenters. The van der Waals surface area contributed by atoms with Crippen LogP contribution < -0.4 is 0 Å². The van der Waals surface area contributed by atoms with Crippen LogP contribution in [-0.4, -0.2) is 21.6 Å². The van der Waals surface area contributed by atoms with Crippen molar-refractivity contribution in [1.82, 2.24) is 4.98 Å². The number of halogens is 3. The summed E-state index contributed by atoms with van der Waals surface area (Å²) < 4.78 is 0. The monoisotopic (exact) mass is 364 g/mol. The van der Waals surface area contributed by atoms with Gasteiger partial charge in [-0.1, -0.05) is 34.8 Å². The number of fused-ring (bicyclic) bond motifs is 2. The van der Waals surface area contributed by atoms with E-state index in [4.69, 9.17) is 34.8 Å². The van der Waals surface area contributed by atoms with Crippen molar-refractivity contribution in [3.63, 3.8) is 0 Å². The van der Waals surface area contributed by atoms with E-state index >= 15 is 0 Å². The molecule has 0 aliphatic carbocycles. The summed E-state index contributed by atoms with van der Waals surface area (Å²) in [5.74, 6) is -0.473. The molecule has 1 aromatic heterocycles. The molecule has 23 heavy (non-hydrogen) atoms. The van der Waals surface area contributed by atoms with Crippen molar-refractivity contribution in [2.24, 2.45) is 4.99 Å². The Labute approximate surface area is 145 Å². The first kappa shape index (κ1) is 14.6. The highest BCUT2D eigenvalue weighted by Crippen LogP contribution is 2.39. The molecule has 0 fully saturated rings. The number of aromatic nitrogens is 1. The number of benzene rings is 2. The van der Waals surface area contributed by atoms with Crippen LogP contribution in [0.15, 0.2) is 35.3 Å². The average molecular weight is 366 g/mol. The molecule has 0 atom stereocenters. The fourth-order valence-electron chi connectivity index (χ4n) is 2.70. The molecule has 0 bridgehead atoms. The van der Waals surface area contributed by atoms with Crippen LogP contribution in [0.4, 0.5) is 5.69 Å².